The van der Waals surface area contributed by atoms with Crippen molar-refractivity contribution >= 4 is 28.3 Å². The van der Waals surface area contributed by atoms with Crippen LogP contribution in [0.3, 0.4) is 0 Å². The lowest BCUT2D eigenvalue weighted by Crippen LogP contribution is -2.24. The molecule has 3 aromatic rings. The second-order valence-corrected chi connectivity index (χ2v) is 6.26. The van der Waals surface area contributed by atoms with Crippen LogP contribution in [0.5, 0.6) is 5.75 Å². The Morgan fingerprint density at radius 1 is 1.18 bits per heavy atom. The summed E-state index contributed by atoms with van der Waals surface area (Å²) in [4.78, 5) is 4.35. The summed E-state index contributed by atoms with van der Waals surface area (Å²) >= 11 is 1.55. The van der Waals surface area contributed by atoms with Gasteiger partial charge in [-0.2, -0.15) is 11.3 Å². The van der Waals surface area contributed by atoms with Gasteiger partial charge in [0.1, 0.15) is 11.4 Å². The van der Waals surface area contributed by atoms with Gasteiger partial charge in [0.25, 0.3) is 0 Å². The Labute approximate surface area is 133 Å². The van der Waals surface area contributed by atoms with Crippen LogP contribution in [0.25, 0.3) is 10.8 Å². The van der Waals surface area contributed by atoms with Crippen LogP contribution in [0.15, 0.2) is 58.2 Å². The zero-order valence-corrected chi connectivity index (χ0v) is 13.0. The molecule has 0 aliphatic rings. The molecule has 22 heavy (non-hydrogen) atoms. The van der Waals surface area contributed by atoms with E-state index in [0.29, 0.717) is 5.56 Å². The quantitative estimate of drug-likeness (QED) is 0.717. The van der Waals surface area contributed by atoms with Gasteiger partial charge in [0, 0.05) is 11.8 Å². The molecule has 3 rings (SSSR count). The largest absolute Gasteiger partial charge is 0.507 e. The first-order valence-electron chi connectivity index (χ1n) is 7.03. The average Bonchev–Trinajstić information content (AvgIpc) is 3.05. The molecule has 0 radical (unpaired) electrons. The predicted octanol–water partition coefficient (Wildman–Crippen LogP) is 3.93. The highest BCUT2D eigenvalue weighted by molar-refractivity contribution is 7.08. The molecular formula is C18H17NO2S. The number of aliphatic hydroxyl groups is 1. The number of hydrogen-bond acceptors (Lipinski definition) is 4. The Hall–Kier alpha value is -2.17. The Morgan fingerprint density at radius 2 is 2.00 bits per heavy atom. The number of benzene rings is 2. The average molecular weight is 311 g/mol. The van der Waals surface area contributed by atoms with E-state index in [-0.39, 0.29) is 12.3 Å². The first kappa shape index (κ1) is 14.8. The minimum absolute atomic E-state index is 0.192. The third-order valence-electron chi connectivity index (χ3n) is 3.71. The Bertz CT molecular complexity index is 807. The lowest BCUT2D eigenvalue weighted by molar-refractivity contribution is 0.0680. The number of hydrogen-bond donors (Lipinski definition) is 2. The van der Waals surface area contributed by atoms with E-state index in [9.17, 15) is 10.2 Å². The van der Waals surface area contributed by atoms with E-state index in [4.69, 9.17) is 0 Å². The van der Waals surface area contributed by atoms with Crippen molar-refractivity contribution in [2.24, 2.45) is 4.99 Å². The van der Waals surface area contributed by atoms with Crippen LogP contribution in [0.4, 0.5) is 0 Å². The molecule has 0 bridgehead atoms. The first-order valence-corrected chi connectivity index (χ1v) is 7.98. The van der Waals surface area contributed by atoms with Crippen LogP contribution in [0, 0.1) is 0 Å². The summed E-state index contributed by atoms with van der Waals surface area (Å²) in [6.07, 6.45) is 1.64. The van der Waals surface area contributed by atoms with Crippen molar-refractivity contribution < 1.29 is 10.2 Å². The number of thiophene rings is 1. The highest BCUT2D eigenvalue weighted by atomic mass is 32.1. The van der Waals surface area contributed by atoms with Gasteiger partial charge in [0.15, 0.2) is 0 Å². The minimum Gasteiger partial charge on any atom is -0.507 e. The molecule has 0 fully saturated rings. The fourth-order valence-electron chi connectivity index (χ4n) is 2.40. The molecule has 0 saturated heterocycles. The maximum atomic E-state index is 10.5. The Morgan fingerprint density at radius 3 is 2.77 bits per heavy atom. The molecule has 1 atom stereocenters. The third kappa shape index (κ3) is 2.89. The van der Waals surface area contributed by atoms with Gasteiger partial charge in [0.05, 0.1) is 6.54 Å². The van der Waals surface area contributed by atoms with Crippen molar-refractivity contribution in [1.29, 1.82) is 0 Å². The summed E-state index contributed by atoms with van der Waals surface area (Å²) in [6, 6.07) is 13.3. The van der Waals surface area contributed by atoms with Crippen LogP contribution in [0.2, 0.25) is 0 Å². The van der Waals surface area contributed by atoms with Gasteiger partial charge in [-0.3, -0.25) is 4.99 Å². The molecule has 1 aromatic heterocycles. The second kappa shape index (κ2) is 5.91. The monoisotopic (exact) mass is 311 g/mol. The van der Waals surface area contributed by atoms with Crippen LogP contribution in [0.1, 0.15) is 18.1 Å². The summed E-state index contributed by atoms with van der Waals surface area (Å²) in [6.45, 7) is 1.99. The molecule has 2 aromatic carbocycles. The summed E-state index contributed by atoms with van der Waals surface area (Å²) in [7, 11) is 0. The maximum Gasteiger partial charge on any atom is 0.124 e. The first-order chi connectivity index (χ1) is 10.6. The molecule has 0 aliphatic heterocycles. The number of aliphatic imine (C=N–C) groups is 1. The zero-order chi connectivity index (χ0) is 15.6. The Kier molecular flexibility index (Phi) is 3.96. The fraction of sp³-hybridized carbons (Fsp3) is 0.167. The van der Waals surface area contributed by atoms with E-state index in [0.717, 1.165) is 16.3 Å². The van der Waals surface area contributed by atoms with Gasteiger partial charge in [0.2, 0.25) is 0 Å². The van der Waals surface area contributed by atoms with Crippen LogP contribution < -0.4 is 0 Å². The zero-order valence-electron chi connectivity index (χ0n) is 12.2. The van der Waals surface area contributed by atoms with E-state index in [1.165, 1.54) is 0 Å². The lowest BCUT2D eigenvalue weighted by atomic mass is 9.99. The molecule has 0 amide bonds. The van der Waals surface area contributed by atoms with Crippen molar-refractivity contribution in [1.82, 2.24) is 0 Å². The lowest BCUT2D eigenvalue weighted by Gasteiger charge is -2.19. The van der Waals surface area contributed by atoms with Crippen molar-refractivity contribution in [3.63, 3.8) is 0 Å². The highest BCUT2D eigenvalue weighted by Crippen LogP contribution is 2.26. The van der Waals surface area contributed by atoms with Crippen molar-refractivity contribution in [3.05, 3.63) is 64.4 Å². The summed E-state index contributed by atoms with van der Waals surface area (Å²) < 4.78 is 0. The third-order valence-corrected chi connectivity index (χ3v) is 4.39. The van der Waals surface area contributed by atoms with Gasteiger partial charge in [-0.15, -0.1) is 0 Å². The molecule has 0 spiro atoms. The minimum atomic E-state index is -1.00. The second-order valence-electron chi connectivity index (χ2n) is 5.48. The SMILES string of the molecule is CC(O)(CN=Cc1c(O)ccc2ccccc12)c1ccsc1. The molecular weight excluding hydrogens is 294 g/mol. The standard InChI is InChI=1S/C18H17NO2S/c1-18(21,14-8-9-22-11-14)12-19-10-16-15-5-3-2-4-13(15)6-7-17(16)20/h2-11,20-21H,12H2,1H3. The fourth-order valence-corrected chi connectivity index (χ4v) is 3.18. The summed E-state index contributed by atoms with van der Waals surface area (Å²) in [5, 5.41) is 26.4. The topological polar surface area (TPSA) is 52.8 Å². The van der Waals surface area contributed by atoms with Crippen molar-refractivity contribution in [3.8, 4) is 5.75 Å². The van der Waals surface area contributed by atoms with Gasteiger partial charge >= 0.3 is 0 Å². The van der Waals surface area contributed by atoms with E-state index in [1.54, 1.807) is 30.5 Å². The number of phenols is 1. The molecule has 1 heterocycles. The maximum absolute atomic E-state index is 10.5. The van der Waals surface area contributed by atoms with Gasteiger partial charge in [-0.05, 0) is 46.2 Å². The summed E-state index contributed by atoms with van der Waals surface area (Å²) in [5.74, 6) is 0.192. The smallest absolute Gasteiger partial charge is 0.124 e. The highest BCUT2D eigenvalue weighted by Gasteiger charge is 2.22. The normalized spacial score (nSPS) is 14.5. The van der Waals surface area contributed by atoms with Gasteiger partial charge < -0.3 is 10.2 Å². The molecule has 3 nitrogen and oxygen atoms in total. The number of rotatable bonds is 4. The molecule has 0 saturated carbocycles. The molecule has 112 valence electrons. The van der Waals surface area contributed by atoms with E-state index in [1.807, 2.05) is 47.2 Å². The van der Waals surface area contributed by atoms with Gasteiger partial charge in [-0.25, -0.2) is 0 Å². The van der Waals surface area contributed by atoms with Gasteiger partial charge in [-0.1, -0.05) is 30.3 Å². The molecule has 2 N–H and O–H groups in total. The predicted molar refractivity (Wildman–Crippen MR) is 92.0 cm³/mol. The number of nitrogens with zero attached hydrogens (tertiary/aromatic N) is 1. The summed E-state index contributed by atoms with van der Waals surface area (Å²) in [5.41, 5.74) is 0.535. The van der Waals surface area contributed by atoms with Crippen molar-refractivity contribution in [2.75, 3.05) is 6.54 Å². The van der Waals surface area contributed by atoms with E-state index >= 15 is 0 Å². The molecule has 0 aliphatic carbocycles. The number of fused-ring (bicyclic) bond motifs is 1. The van der Waals surface area contributed by atoms with E-state index < -0.39 is 5.60 Å². The number of aromatic hydroxyl groups is 1. The van der Waals surface area contributed by atoms with Crippen LogP contribution >= 0.6 is 11.3 Å². The van der Waals surface area contributed by atoms with E-state index in [2.05, 4.69) is 4.99 Å². The van der Waals surface area contributed by atoms with Crippen LogP contribution in [-0.4, -0.2) is 23.0 Å². The van der Waals surface area contributed by atoms with Crippen molar-refractivity contribution in [2.45, 2.75) is 12.5 Å². The molecule has 4 heteroatoms. The van der Waals surface area contributed by atoms with Crippen LogP contribution in [-0.2, 0) is 5.60 Å². The molecule has 1 unspecified atom stereocenters. The Balaban J connectivity index is 1.89. The number of phenolic OH excluding ortho intramolecular Hbond substituents is 1.